The Morgan fingerprint density at radius 2 is 2.07 bits per heavy atom. The third-order valence-electron chi connectivity index (χ3n) is 3.12. The number of aliphatic imine (C=N–C) groups is 1. The lowest BCUT2D eigenvalue weighted by molar-refractivity contribution is 0.0687. The van der Waals surface area contributed by atoms with E-state index in [4.69, 9.17) is 5.73 Å². The van der Waals surface area contributed by atoms with Crippen LogP contribution in [0, 0.1) is 11.8 Å². The average molecular weight is 203 g/mol. The molecule has 0 aromatic heterocycles. The van der Waals surface area contributed by atoms with Gasteiger partial charge in [0, 0.05) is 24.4 Å². The van der Waals surface area contributed by atoms with Crippen LogP contribution in [0.1, 0.15) is 19.8 Å². The maximum atomic E-state index is 12.8. The van der Waals surface area contributed by atoms with E-state index in [-0.39, 0.29) is 6.04 Å². The lowest BCUT2D eigenvalue weighted by Gasteiger charge is -2.16. The lowest BCUT2D eigenvalue weighted by atomic mass is 10.1. The van der Waals surface area contributed by atoms with E-state index in [1.165, 1.54) is 0 Å². The molecule has 2 saturated carbocycles. The summed E-state index contributed by atoms with van der Waals surface area (Å²) in [6.45, 7) is 2.50. The average Bonchev–Trinajstić information content (AvgIpc) is 2.49. The van der Waals surface area contributed by atoms with Gasteiger partial charge in [0.05, 0.1) is 0 Å². The highest BCUT2D eigenvalue weighted by atomic mass is 19.3. The molecule has 0 amide bonds. The van der Waals surface area contributed by atoms with Crippen LogP contribution in [0.25, 0.3) is 0 Å². The normalized spacial score (nSPS) is 39.4. The van der Waals surface area contributed by atoms with Crippen LogP contribution < -0.4 is 11.1 Å². The van der Waals surface area contributed by atoms with Crippen molar-refractivity contribution in [2.75, 3.05) is 6.54 Å². The van der Waals surface area contributed by atoms with Crippen molar-refractivity contribution in [1.29, 1.82) is 0 Å². The lowest BCUT2D eigenvalue weighted by Crippen LogP contribution is -2.40. The number of nitrogens with two attached hydrogens (primary N) is 1. The van der Waals surface area contributed by atoms with E-state index >= 15 is 0 Å². The van der Waals surface area contributed by atoms with Crippen molar-refractivity contribution in [2.24, 2.45) is 22.6 Å². The Labute approximate surface area is 81.8 Å². The molecule has 2 atom stereocenters. The van der Waals surface area contributed by atoms with Gasteiger partial charge < -0.3 is 11.1 Å². The third kappa shape index (κ3) is 1.44. The maximum Gasteiger partial charge on any atom is 0.254 e. The van der Waals surface area contributed by atoms with Crippen molar-refractivity contribution >= 4 is 5.96 Å². The number of halogens is 2. The van der Waals surface area contributed by atoms with Gasteiger partial charge in [-0.25, -0.2) is 8.78 Å². The topological polar surface area (TPSA) is 50.4 Å². The number of nitrogens with one attached hydrogen (secondary N) is 1. The van der Waals surface area contributed by atoms with E-state index in [9.17, 15) is 8.78 Å². The van der Waals surface area contributed by atoms with Crippen molar-refractivity contribution in [2.45, 2.75) is 31.7 Å². The second-order valence-corrected chi connectivity index (χ2v) is 4.06. The maximum absolute atomic E-state index is 12.8. The van der Waals surface area contributed by atoms with Gasteiger partial charge in [0.25, 0.3) is 5.92 Å². The van der Waals surface area contributed by atoms with Crippen LogP contribution in [0.3, 0.4) is 0 Å². The molecule has 3 N–H and O–H groups in total. The highest BCUT2D eigenvalue weighted by Gasteiger charge is 2.71. The Kier molecular flexibility index (Phi) is 2.12. The van der Waals surface area contributed by atoms with Crippen LogP contribution in [-0.4, -0.2) is 24.5 Å². The molecular formula is C9H15F2N3. The number of hydrogen-bond acceptors (Lipinski definition) is 1. The van der Waals surface area contributed by atoms with Crippen molar-refractivity contribution in [3.63, 3.8) is 0 Å². The predicted octanol–water partition coefficient (Wildman–Crippen LogP) is 0.954. The molecule has 0 radical (unpaired) electrons. The van der Waals surface area contributed by atoms with Gasteiger partial charge in [0.15, 0.2) is 5.96 Å². The molecule has 0 aromatic carbocycles. The van der Waals surface area contributed by atoms with Gasteiger partial charge in [-0.05, 0) is 19.8 Å². The molecule has 0 saturated heterocycles. The van der Waals surface area contributed by atoms with Crippen molar-refractivity contribution in [1.82, 2.24) is 5.32 Å². The third-order valence-corrected chi connectivity index (χ3v) is 3.12. The standard InChI is InChI=1S/C9H15F2N3/c1-2-13-8(12)14-5-3-6-7(4-5)9(6,10)11/h5-7H,2-4H2,1H3,(H3,12,13,14). The van der Waals surface area contributed by atoms with E-state index in [0.717, 1.165) is 0 Å². The molecule has 5 heteroatoms. The number of nitrogens with zero attached hydrogens (tertiary/aromatic N) is 1. The van der Waals surface area contributed by atoms with Crippen LogP contribution in [0.15, 0.2) is 4.99 Å². The van der Waals surface area contributed by atoms with Gasteiger partial charge in [-0.2, -0.15) is 0 Å². The van der Waals surface area contributed by atoms with E-state index in [0.29, 0.717) is 25.3 Å². The van der Waals surface area contributed by atoms with E-state index in [2.05, 4.69) is 10.3 Å². The minimum absolute atomic E-state index is 0.0972. The Balaban J connectivity index is 1.81. The van der Waals surface area contributed by atoms with Gasteiger partial charge in [0.2, 0.25) is 0 Å². The highest BCUT2D eigenvalue weighted by Crippen LogP contribution is 2.63. The van der Waals surface area contributed by atoms with Gasteiger partial charge >= 0.3 is 0 Å². The first-order valence-electron chi connectivity index (χ1n) is 5.00. The predicted molar refractivity (Wildman–Crippen MR) is 50.2 cm³/mol. The van der Waals surface area contributed by atoms with E-state index in [1.54, 1.807) is 0 Å². The van der Waals surface area contributed by atoms with Crippen molar-refractivity contribution < 1.29 is 8.78 Å². The monoisotopic (exact) mass is 203 g/mol. The smallest absolute Gasteiger partial charge is 0.254 e. The molecule has 2 aliphatic rings. The Hall–Kier alpha value is -0.870. The SMILES string of the molecule is CCN=C(N)NC1CC2C(C1)C2(F)F. The zero-order valence-corrected chi connectivity index (χ0v) is 8.13. The fourth-order valence-electron chi connectivity index (χ4n) is 2.36. The zero-order valence-electron chi connectivity index (χ0n) is 8.13. The Bertz CT molecular complexity index is 251. The fourth-order valence-corrected chi connectivity index (χ4v) is 2.36. The van der Waals surface area contributed by atoms with Crippen LogP contribution in [-0.2, 0) is 0 Å². The van der Waals surface area contributed by atoms with Crippen LogP contribution in [0.5, 0.6) is 0 Å². The minimum atomic E-state index is -2.39. The minimum Gasteiger partial charge on any atom is -0.370 e. The Morgan fingerprint density at radius 1 is 1.50 bits per heavy atom. The van der Waals surface area contributed by atoms with Crippen molar-refractivity contribution in [3.05, 3.63) is 0 Å². The zero-order chi connectivity index (χ0) is 10.3. The molecule has 0 aliphatic heterocycles. The first-order chi connectivity index (χ1) is 6.55. The summed E-state index contributed by atoms with van der Waals surface area (Å²) >= 11 is 0. The van der Waals surface area contributed by atoms with Crippen LogP contribution in [0.2, 0.25) is 0 Å². The Morgan fingerprint density at radius 3 is 2.57 bits per heavy atom. The molecule has 0 aromatic rings. The van der Waals surface area contributed by atoms with Crippen molar-refractivity contribution in [3.8, 4) is 0 Å². The van der Waals surface area contributed by atoms with Gasteiger partial charge in [-0.1, -0.05) is 0 Å². The van der Waals surface area contributed by atoms with Crippen LogP contribution >= 0.6 is 0 Å². The first kappa shape index (κ1) is 9.68. The number of alkyl halides is 2. The fraction of sp³-hybridized carbons (Fsp3) is 0.889. The van der Waals surface area contributed by atoms with Crippen LogP contribution in [0.4, 0.5) is 8.78 Å². The summed E-state index contributed by atoms with van der Waals surface area (Å²) in [7, 11) is 0. The molecule has 14 heavy (non-hydrogen) atoms. The summed E-state index contributed by atoms with van der Waals surface area (Å²) < 4.78 is 25.6. The molecule has 3 nitrogen and oxygen atoms in total. The molecule has 2 rings (SSSR count). The van der Waals surface area contributed by atoms with Gasteiger partial charge in [0.1, 0.15) is 0 Å². The van der Waals surface area contributed by atoms with Gasteiger partial charge in [-0.3, -0.25) is 4.99 Å². The second kappa shape index (κ2) is 3.07. The molecule has 0 spiro atoms. The molecule has 2 unspecified atom stereocenters. The molecular weight excluding hydrogens is 188 g/mol. The second-order valence-electron chi connectivity index (χ2n) is 4.06. The van der Waals surface area contributed by atoms with Gasteiger partial charge in [-0.15, -0.1) is 0 Å². The van der Waals surface area contributed by atoms with E-state index < -0.39 is 17.8 Å². The summed E-state index contributed by atoms with van der Waals surface area (Å²) in [4.78, 5) is 3.96. The number of fused-ring (bicyclic) bond motifs is 1. The number of hydrogen-bond donors (Lipinski definition) is 2. The molecule has 2 fully saturated rings. The number of rotatable bonds is 2. The summed E-state index contributed by atoms with van der Waals surface area (Å²) in [5, 5.41) is 2.97. The highest BCUT2D eigenvalue weighted by molar-refractivity contribution is 5.78. The summed E-state index contributed by atoms with van der Waals surface area (Å²) in [5.74, 6) is -2.83. The molecule has 2 aliphatic carbocycles. The summed E-state index contributed by atoms with van der Waals surface area (Å²) in [6.07, 6.45) is 1.05. The largest absolute Gasteiger partial charge is 0.370 e. The number of guanidine groups is 1. The first-order valence-corrected chi connectivity index (χ1v) is 5.00. The summed E-state index contributed by atoms with van der Waals surface area (Å²) in [5.41, 5.74) is 5.54. The molecule has 0 heterocycles. The molecule has 0 bridgehead atoms. The quantitative estimate of drug-likeness (QED) is 0.518. The van der Waals surface area contributed by atoms with E-state index in [1.807, 2.05) is 6.92 Å². The molecule has 80 valence electrons. The summed E-state index contributed by atoms with van der Waals surface area (Å²) in [6, 6.07) is 0.0972.